The fourth-order valence-electron chi connectivity index (χ4n) is 3.34. The number of carboxylic acid groups (broad SMARTS) is 1. The van der Waals surface area contributed by atoms with E-state index in [2.05, 4.69) is 26.7 Å². The molecule has 29 heavy (non-hydrogen) atoms. The number of piperidine rings is 1. The number of aliphatic hydroxyl groups is 1. The third-order valence-corrected chi connectivity index (χ3v) is 4.97. The summed E-state index contributed by atoms with van der Waals surface area (Å²) < 4.78 is 37.8. The number of aliphatic hydroxyl groups excluding tert-OH is 1. The molecule has 3 heterocycles. The number of fused-ring (bicyclic) bond motifs is 1. The number of carbonyl (C=O) groups is 1. The van der Waals surface area contributed by atoms with Gasteiger partial charge in [0.2, 0.25) is 5.95 Å². The maximum absolute atomic E-state index is 10.6. The molecule has 0 amide bonds. The predicted molar refractivity (Wildman–Crippen MR) is 98.7 cm³/mol. The Kier molecular flexibility index (Phi) is 8.60. The number of halogens is 3. The van der Waals surface area contributed by atoms with Gasteiger partial charge in [0, 0.05) is 44.5 Å². The van der Waals surface area contributed by atoms with Gasteiger partial charge < -0.3 is 19.8 Å². The van der Waals surface area contributed by atoms with Gasteiger partial charge >= 0.3 is 12.1 Å². The lowest BCUT2D eigenvalue weighted by molar-refractivity contribution is -0.192. The third kappa shape index (κ3) is 7.09. The Morgan fingerprint density at radius 3 is 2.48 bits per heavy atom. The molecule has 2 saturated heterocycles. The van der Waals surface area contributed by atoms with E-state index in [4.69, 9.17) is 19.7 Å². The van der Waals surface area contributed by atoms with Crippen LogP contribution in [0.4, 0.5) is 19.1 Å². The zero-order chi connectivity index (χ0) is 21.4. The molecule has 0 saturated carbocycles. The van der Waals surface area contributed by atoms with Gasteiger partial charge in [0.1, 0.15) is 0 Å². The molecule has 0 aromatic carbocycles. The van der Waals surface area contributed by atoms with Crippen molar-refractivity contribution in [3.8, 4) is 0 Å². The molecule has 1 aromatic rings. The highest BCUT2D eigenvalue weighted by atomic mass is 19.4. The van der Waals surface area contributed by atoms with Gasteiger partial charge in [-0.15, -0.1) is 0 Å². The first kappa shape index (κ1) is 23.3. The first-order valence-corrected chi connectivity index (χ1v) is 9.55. The molecule has 2 atom stereocenters. The van der Waals surface area contributed by atoms with Crippen molar-refractivity contribution >= 4 is 11.9 Å². The van der Waals surface area contributed by atoms with E-state index in [9.17, 15) is 13.2 Å². The zero-order valence-corrected chi connectivity index (χ0v) is 16.3. The predicted octanol–water partition coefficient (Wildman–Crippen LogP) is 1.19. The highest BCUT2D eigenvalue weighted by Crippen LogP contribution is 2.25. The van der Waals surface area contributed by atoms with Crippen molar-refractivity contribution in [1.82, 2.24) is 14.9 Å². The summed E-state index contributed by atoms with van der Waals surface area (Å²) in [5.41, 5.74) is 1.17. The number of β-amino-alcohol motifs (C(OH)–C–C–N with tert-alkyl or cyclic N) is 1. The minimum atomic E-state index is -5.08. The van der Waals surface area contributed by atoms with Gasteiger partial charge in [-0.2, -0.15) is 13.2 Å². The standard InChI is InChI=1S/C16H26N4O2.C2HF3O2/c1-2-13-9-17-16(18-10-13)20-6-8-22-15-12-19(5-7-21)4-3-14(15)11-20;3-2(4,5)1(6)7/h9-10,14-15,21H,2-8,11-12H2,1H3;(H,6,7)/t14-,15-;/m1./s1. The lowest BCUT2D eigenvalue weighted by Crippen LogP contribution is -2.47. The second kappa shape index (κ2) is 10.7. The van der Waals surface area contributed by atoms with Crippen LogP contribution in [-0.2, 0) is 16.0 Å². The minimum Gasteiger partial charge on any atom is -0.475 e. The summed E-state index contributed by atoms with van der Waals surface area (Å²) in [4.78, 5) is 22.5. The largest absolute Gasteiger partial charge is 0.490 e. The molecule has 8 nitrogen and oxygen atoms in total. The Bertz CT molecular complexity index is 645. The summed E-state index contributed by atoms with van der Waals surface area (Å²) in [5, 5.41) is 16.2. The number of nitrogens with zero attached hydrogens (tertiary/aromatic N) is 4. The molecule has 0 bridgehead atoms. The molecule has 2 aliphatic rings. The highest BCUT2D eigenvalue weighted by Gasteiger charge is 2.38. The van der Waals surface area contributed by atoms with Gasteiger partial charge in [0.25, 0.3) is 0 Å². The molecule has 0 unspecified atom stereocenters. The Labute approximate surface area is 167 Å². The van der Waals surface area contributed by atoms with Gasteiger partial charge in [0.05, 0.1) is 19.3 Å². The van der Waals surface area contributed by atoms with E-state index >= 15 is 0 Å². The van der Waals surface area contributed by atoms with E-state index < -0.39 is 12.1 Å². The number of hydrogen-bond acceptors (Lipinski definition) is 7. The van der Waals surface area contributed by atoms with Gasteiger partial charge in [-0.3, -0.25) is 4.90 Å². The molecule has 1 aromatic heterocycles. The van der Waals surface area contributed by atoms with Crippen LogP contribution >= 0.6 is 0 Å². The average Bonchev–Trinajstić information content (AvgIpc) is 2.90. The Morgan fingerprint density at radius 2 is 1.93 bits per heavy atom. The lowest BCUT2D eigenvalue weighted by Gasteiger charge is -2.37. The lowest BCUT2D eigenvalue weighted by atomic mass is 9.93. The van der Waals surface area contributed by atoms with Crippen molar-refractivity contribution in [2.24, 2.45) is 5.92 Å². The average molecular weight is 420 g/mol. The second-order valence-electron chi connectivity index (χ2n) is 6.98. The monoisotopic (exact) mass is 420 g/mol. The van der Waals surface area contributed by atoms with E-state index in [1.807, 2.05) is 12.4 Å². The highest BCUT2D eigenvalue weighted by molar-refractivity contribution is 5.73. The molecular formula is C18H27F3N4O4. The number of rotatable bonds is 4. The number of likely N-dealkylation sites (tertiary alicyclic amines) is 1. The summed E-state index contributed by atoms with van der Waals surface area (Å²) in [6, 6.07) is 0. The number of aromatic nitrogens is 2. The van der Waals surface area contributed by atoms with Gasteiger partial charge in [0.15, 0.2) is 0 Å². The zero-order valence-electron chi connectivity index (χ0n) is 16.3. The van der Waals surface area contributed by atoms with Crippen molar-refractivity contribution in [2.45, 2.75) is 32.0 Å². The van der Waals surface area contributed by atoms with Crippen molar-refractivity contribution < 1.29 is 32.9 Å². The van der Waals surface area contributed by atoms with Crippen LogP contribution in [0.25, 0.3) is 0 Å². The number of carboxylic acids is 1. The minimum absolute atomic E-state index is 0.223. The molecule has 164 valence electrons. The first-order valence-electron chi connectivity index (χ1n) is 9.55. The Morgan fingerprint density at radius 1 is 1.28 bits per heavy atom. The van der Waals surface area contributed by atoms with Gasteiger partial charge in [-0.25, -0.2) is 14.8 Å². The van der Waals surface area contributed by atoms with E-state index in [-0.39, 0.29) is 12.7 Å². The normalized spacial score (nSPS) is 22.9. The summed E-state index contributed by atoms with van der Waals surface area (Å²) in [7, 11) is 0. The van der Waals surface area contributed by atoms with Crippen LogP contribution in [0.1, 0.15) is 18.9 Å². The molecule has 3 rings (SSSR count). The maximum Gasteiger partial charge on any atom is 0.490 e. The smallest absolute Gasteiger partial charge is 0.475 e. The SMILES string of the molecule is CCc1cnc(N2CCO[C@@H]3CN(CCO)CC[C@@H]3C2)nc1.O=C(O)C(F)(F)F. The molecule has 2 N–H and O–H groups in total. The van der Waals surface area contributed by atoms with Crippen LogP contribution in [0.15, 0.2) is 12.4 Å². The van der Waals surface area contributed by atoms with Crippen LogP contribution in [0, 0.1) is 5.92 Å². The summed E-state index contributed by atoms with van der Waals surface area (Å²) in [5.74, 6) is -1.42. The molecule has 11 heteroatoms. The number of hydrogen-bond donors (Lipinski definition) is 2. The van der Waals surface area contributed by atoms with Crippen LogP contribution < -0.4 is 4.90 Å². The molecule has 0 radical (unpaired) electrons. The van der Waals surface area contributed by atoms with Crippen LogP contribution in [0.2, 0.25) is 0 Å². The van der Waals surface area contributed by atoms with Crippen molar-refractivity contribution in [1.29, 1.82) is 0 Å². The fourth-order valence-corrected chi connectivity index (χ4v) is 3.34. The van der Waals surface area contributed by atoms with E-state index in [0.29, 0.717) is 12.5 Å². The topological polar surface area (TPSA) is 99.0 Å². The molecule has 2 aliphatic heterocycles. The van der Waals surface area contributed by atoms with Gasteiger partial charge in [-0.1, -0.05) is 6.92 Å². The van der Waals surface area contributed by atoms with E-state index in [1.54, 1.807) is 0 Å². The first-order chi connectivity index (χ1) is 13.7. The Hall–Kier alpha value is -1.98. The number of ether oxygens (including phenoxy) is 1. The van der Waals surface area contributed by atoms with Crippen molar-refractivity contribution in [2.75, 3.05) is 50.8 Å². The Balaban J connectivity index is 0.000000370. The fraction of sp³-hybridized carbons (Fsp3) is 0.722. The van der Waals surface area contributed by atoms with Gasteiger partial charge in [-0.05, 0) is 24.9 Å². The van der Waals surface area contributed by atoms with Crippen molar-refractivity contribution in [3.63, 3.8) is 0 Å². The molecule has 2 fully saturated rings. The maximum atomic E-state index is 10.6. The summed E-state index contributed by atoms with van der Waals surface area (Å²) in [6.07, 6.45) is 1.11. The van der Waals surface area contributed by atoms with Crippen LogP contribution in [-0.4, -0.2) is 89.3 Å². The van der Waals surface area contributed by atoms with E-state index in [0.717, 1.165) is 51.5 Å². The molecule has 0 spiro atoms. The summed E-state index contributed by atoms with van der Waals surface area (Å²) >= 11 is 0. The summed E-state index contributed by atoms with van der Waals surface area (Å²) in [6.45, 7) is 7.57. The second-order valence-corrected chi connectivity index (χ2v) is 6.98. The van der Waals surface area contributed by atoms with Crippen LogP contribution in [0.3, 0.4) is 0 Å². The van der Waals surface area contributed by atoms with Crippen LogP contribution in [0.5, 0.6) is 0 Å². The molecule has 0 aliphatic carbocycles. The quantitative estimate of drug-likeness (QED) is 0.750. The van der Waals surface area contributed by atoms with E-state index in [1.165, 1.54) is 5.56 Å². The number of aryl methyl sites for hydroxylation is 1. The number of aliphatic carboxylic acids is 1. The number of anilines is 1. The third-order valence-electron chi connectivity index (χ3n) is 4.97. The molecular weight excluding hydrogens is 393 g/mol. The number of alkyl halides is 3. The van der Waals surface area contributed by atoms with Crippen molar-refractivity contribution in [3.05, 3.63) is 18.0 Å².